The number of carbonyl (C=O) groups excluding carboxylic acids is 1. The monoisotopic (exact) mass is 323 g/mol. The zero-order valence-corrected chi connectivity index (χ0v) is 14.0. The molecule has 1 fully saturated rings. The van der Waals surface area contributed by atoms with Crippen molar-refractivity contribution in [2.24, 2.45) is 11.7 Å². The maximum absolute atomic E-state index is 12.7. The SMILES string of the molecule is CC1Cc2ccccc2N1C(=O)CN1CCCC(CN)C1.Cl. The zero-order chi connectivity index (χ0) is 14.8. The van der Waals surface area contributed by atoms with Gasteiger partial charge in [0.05, 0.1) is 6.54 Å². The van der Waals surface area contributed by atoms with Crippen LogP contribution in [0.5, 0.6) is 0 Å². The van der Waals surface area contributed by atoms with Gasteiger partial charge in [-0.3, -0.25) is 9.69 Å². The predicted octanol–water partition coefficient (Wildman–Crippen LogP) is 2.06. The normalized spacial score (nSPS) is 24.7. The lowest BCUT2D eigenvalue weighted by Gasteiger charge is -2.33. The highest BCUT2D eigenvalue weighted by Gasteiger charge is 2.32. The van der Waals surface area contributed by atoms with Crippen molar-refractivity contribution in [3.05, 3.63) is 29.8 Å². The van der Waals surface area contributed by atoms with E-state index in [-0.39, 0.29) is 24.4 Å². The molecule has 0 saturated carbocycles. The molecule has 2 N–H and O–H groups in total. The van der Waals surface area contributed by atoms with Gasteiger partial charge in [0.2, 0.25) is 5.91 Å². The maximum atomic E-state index is 12.7. The number of amides is 1. The van der Waals surface area contributed by atoms with Gasteiger partial charge in [-0.2, -0.15) is 0 Å². The molecule has 3 rings (SSSR count). The minimum Gasteiger partial charge on any atom is -0.330 e. The van der Waals surface area contributed by atoms with Crippen molar-refractivity contribution in [3.63, 3.8) is 0 Å². The Hall–Kier alpha value is -1.10. The minimum atomic E-state index is 0. The molecule has 1 saturated heterocycles. The first kappa shape index (κ1) is 17.3. The fraction of sp³-hybridized carbons (Fsp3) is 0.588. The molecule has 0 spiro atoms. The largest absolute Gasteiger partial charge is 0.330 e. The molecule has 2 aliphatic heterocycles. The van der Waals surface area contributed by atoms with Crippen LogP contribution in [-0.2, 0) is 11.2 Å². The summed E-state index contributed by atoms with van der Waals surface area (Å²) in [7, 11) is 0. The lowest BCUT2D eigenvalue weighted by Crippen LogP contribution is -2.47. The molecule has 0 radical (unpaired) electrons. The fourth-order valence-electron chi connectivity index (χ4n) is 3.70. The number of fused-ring (bicyclic) bond motifs is 1. The van der Waals surface area contributed by atoms with Crippen LogP contribution in [0.15, 0.2) is 24.3 Å². The Balaban J connectivity index is 0.00000176. The molecular weight excluding hydrogens is 298 g/mol. The lowest BCUT2D eigenvalue weighted by molar-refractivity contribution is -0.120. The number of likely N-dealkylation sites (tertiary alicyclic amines) is 1. The van der Waals surface area contributed by atoms with Gasteiger partial charge in [0.1, 0.15) is 0 Å². The number of carbonyl (C=O) groups is 1. The molecule has 0 aromatic heterocycles. The van der Waals surface area contributed by atoms with Crippen LogP contribution in [-0.4, -0.2) is 43.0 Å². The number of benzene rings is 1. The molecule has 0 aliphatic carbocycles. The molecule has 2 heterocycles. The highest BCUT2D eigenvalue weighted by atomic mass is 35.5. The molecule has 4 nitrogen and oxygen atoms in total. The molecule has 2 unspecified atom stereocenters. The number of para-hydroxylation sites is 1. The lowest BCUT2D eigenvalue weighted by atomic mass is 9.98. The second-order valence-corrected chi connectivity index (χ2v) is 6.42. The summed E-state index contributed by atoms with van der Waals surface area (Å²) in [6.45, 7) is 5.37. The Kier molecular flexibility index (Phi) is 5.84. The Morgan fingerprint density at radius 2 is 2.14 bits per heavy atom. The number of hydrogen-bond acceptors (Lipinski definition) is 3. The first-order chi connectivity index (χ1) is 10.2. The van der Waals surface area contributed by atoms with Crippen LogP contribution in [0.2, 0.25) is 0 Å². The zero-order valence-electron chi connectivity index (χ0n) is 13.2. The van der Waals surface area contributed by atoms with Crippen LogP contribution in [0.25, 0.3) is 0 Å². The van der Waals surface area contributed by atoms with E-state index >= 15 is 0 Å². The van der Waals surface area contributed by atoms with Gasteiger partial charge in [-0.15, -0.1) is 12.4 Å². The van der Waals surface area contributed by atoms with Gasteiger partial charge in [0, 0.05) is 18.3 Å². The van der Waals surface area contributed by atoms with Gasteiger partial charge < -0.3 is 10.6 Å². The van der Waals surface area contributed by atoms with Gasteiger partial charge in [-0.1, -0.05) is 18.2 Å². The number of anilines is 1. The summed E-state index contributed by atoms with van der Waals surface area (Å²) in [4.78, 5) is 17.0. The van der Waals surface area contributed by atoms with Gasteiger partial charge in [-0.25, -0.2) is 0 Å². The Bertz CT molecular complexity index is 522. The third kappa shape index (κ3) is 3.45. The Morgan fingerprint density at radius 3 is 2.91 bits per heavy atom. The topological polar surface area (TPSA) is 49.6 Å². The van der Waals surface area contributed by atoms with Crippen LogP contribution >= 0.6 is 12.4 Å². The quantitative estimate of drug-likeness (QED) is 0.926. The van der Waals surface area contributed by atoms with E-state index in [4.69, 9.17) is 5.73 Å². The van der Waals surface area contributed by atoms with Crippen molar-refractivity contribution in [3.8, 4) is 0 Å². The van der Waals surface area contributed by atoms with Gasteiger partial charge >= 0.3 is 0 Å². The van der Waals surface area contributed by atoms with E-state index in [1.807, 2.05) is 11.0 Å². The Morgan fingerprint density at radius 1 is 1.36 bits per heavy atom. The molecule has 2 aliphatic rings. The second kappa shape index (κ2) is 7.44. The standard InChI is InChI=1S/C17H25N3O.ClH/c1-13-9-15-6-2-3-7-16(15)20(13)17(21)12-19-8-4-5-14(10-18)11-19;/h2-3,6-7,13-14H,4-5,8-12,18H2,1H3;1H. The molecule has 0 bridgehead atoms. The number of nitrogens with two attached hydrogens (primary N) is 1. The van der Waals surface area contributed by atoms with E-state index in [1.165, 1.54) is 12.0 Å². The summed E-state index contributed by atoms with van der Waals surface area (Å²) >= 11 is 0. The van der Waals surface area contributed by atoms with E-state index in [0.29, 0.717) is 12.5 Å². The first-order valence-corrected chi connectivity index (χ1v) is 8.01. The highest BCUT2D eigenvalue weighted by molar-refractivity contribution is 5.97. The van der Waals surface area contributed by atoms with Gasteiger partial charge in [0.15, 0.2) is 0 Å². The van der Waals surface area contributed by atoms with Gasteiger partial charge in [0.25, 0.3) is 0 Å². The second-order valence-electron chi connectivity index (χ2n) is 6.42. The van der Waals surface area contributed by atoms with Crippen molar-refractivity contribution in [1.29, 1.82) is 0 Å². The number of rotatable bonds is 3. The van der Waals surface area contributed by atoms with E-state index in [1.54, 1.807) is 0 Å². The average molecular weight is 324 g/mol. The summed E-state index contributed by atoms with van der Waals surface area (Å²) in [6, 6.07) is 8.53. The third-order valence-corrected chi connectivity index (χ3v) is 4.77. The van der Waals surface area contributed by atoms with Crippen LogP contribution in [0.1, 0.15) is 25.3 Å². The van der Waals surface area contributed by atoms with Crippen LogP contribution in [0.4, 0.5) is 5.69 Å². The third-order valence-electron chi connectivity index (χ3n) is 4.77. The summed E-state index contributed by atoms with van der Waals surface area (Å²) in [5, 5.41) is 0. The summed E-state index contributed by atoms with van der Waals surface area (Å²) in [6.07, 6.45) is 3.32. The smallest absolute Gasteiger partial charge is 0.241 e. The van der Waals surface area contributed by atoms with E-state index < -0.39 is 0 Å². The minimum absolute atomic E-state index is 0. The predicted molar refractivity (Wildman–Crippen MR) is 92.6 cm³/mol. The van der Waals surface area contributed by atoms with Gasteiger partial charge in [-0.05, 0) is 56.8 Å². The van der Waals surface area contributed by atoms with Crippen molar-refractivity contribution >= 4 is 24.0 Å². The fourth-order valence-corrected chi connectivity index (χ4v) is 3.70. The summed E-state index contributed by atoms with van der Waals surface area (Å²) in [5.41, 5.74) is 8.17. The molecule has 5 heteroatoms. The van der Waals surface area contributed by atoms with Crippen molar-refractivity contribution in [2.75, 3.05) is 31.1 Å². The maximum Gasteiger partial charge on any atom is 0.241 e. The Labute approximate surface area is 139 Å². The van der Waals surface area contributed by atoms with Crippen LogP contribution in [0.3, 0.4) is 0 Å². The van der Waals surface area contributed by atoms with Crippen molar-refractivity contribution < 1.29 is 4.79 Å². The molecule has 1 amide bonds. The molecule has 1 aromatic carbocycles. The van der Waals surface area contributed by atoms with E-state index in [0.717, 1.165) is 38.2 Å². The average Bonchev–Trinajstić information content (AvgIpc) is 2.83. The number of hydrogen-bond donors (Lipinski definition) is 1. The number of nitrogens with zero attached hydrogens (tertiary/aromatic N) is 2. The van der Waals surface area contributed by atoms with Crippen molar-refractivity contribution in [1.82, 2.24) is 4.90 Å². The summed E-state index contributed by atoms with van der Waals surface area (Å²) < 4.78 is 0. The van der Waals surface area contributed by atoms with Crippen molar-refractivity contribution in [2.45, 2.75) is 32.2 Å². The summed E-state index contributed by atoms with van der Waals surface area (Å²) in [5.74, 6) is 0.778. The first-order valence-electron chi connectivity index (χ1n) is 8.01. The molecule has 1 aromatic rings. The number of piperidine rings is 1. The van der Waals surface area contributed by atoms with E-state index in [9.17, 15) is 4.79 Å². The highest BCUT2D eigenvalue weighted by Crippen LogP contribution is 2.32. The van der Waals surface area contributed by atoms with Crippen LogP contribution in [0, 0.1) is 5.92 Å². The number of halogens is 1. The molecule has 2 atom stereocenters. The van der Waals surface area contributed by atoms with Crippen LogP contribution < -0.4 is 10.6 Å². The molecule has 22 heavy (non-hydrogen) atoms. The molecule has 122 valence electrons. The van der Waals surface area contributed by atoms with E-state index in [2.05, 4.69) is 30.0 Å². The molecular formula is C17H26ClN3O.